The minimum absolute atomic E-state index is 0.197. The number of hydrogen-bond acceptors (Lipinski definition) is 5. The number of esters is 1. The second kappa shape index (κ2) is 6.16. The maximum Gasteiger partial charge on any atom is 0.337 e. The smallest absolute Gasteiger partial charge is 0.337 e. The summed E-state index contributed by atoms with van der Waals surface area (Å²) in [7, 11) is 5.38. The predicted octanol–water partition coefficient (Wildman–Crippen LogP) is 2.89. The third-order valence-electron chi connectivity index (χ3n) is 5.25. The van der Waals surface area contributed by atoms with E-state index in [4.69, 9.17) is 9.72 Å². The van der Waals surface area contributed by atoms with Crippen LogP contribution in [0.2, 0.25) is 0 Å². The van der Waals surface area contributed by atoms with Crippen molar-refractivity contribution in [2.24, 2.45) is 14.1 Å². The van der Waals surface area contributed by atoms with Gasteiger partial charge in [-0.15, -0.1) is 0 Å². The maximum atomic E-state index is 11.8. The average molecular weight is 353 g/mol. The largest absolute Gasteiger partial charge is 0.465 e. The number of ether oxygens (including phenoxy) is 1. The number of methoxy groups -OCH3 is 1. The average Bonchev–Trinajstić information content (AvgIpc) is 3.11. The van der Waals surface area contributed by atoms with Crippen molar-refractivity contribution in [3.63, 3.8) is 0 Å². The first-order chi connectivity index (χ1) is 12.5. The van der Waals surface area contributed by atoms with E-state index < -0.39 is 0 Å². The van der Waals surface area contributed by atoms with Gasteiger partial charge in [-0.2, -0.15) is 5.10 Å². The molecule has 0 aliphatic heterocycles. The highest BCUT2D eigenvalue weighted by molar-refractivity contribution is 5.94. The monoisotopic (exact) mass is 353 g/mol. The van der Waals surface area contributed by atoms with Crippen LogP contribution in [0.25, 0.3) is 11.0 Å². The lowest BCUT2D eigenvalue weighted by Gasteiger charge is -2.25. The molecule has 0 radical (unpaired) electrons. The zero-order valence-corrected chi connectivity index (χ0v) is 15.5. The number of anilines is 1. The molecule has 1 N–H and O–H groups in total. The molecule has 1 atom stereocenters. The quantitative estimate of drug-likeness (QED) is 0.733. The minimum Gasteiger partial charge on any atom is -0.465 e. The van der Waals surface area contributed by atoms with Gasteiger partial charge in [0.05, 0.1) is 35.4 Å². The molecule has 7 nitrogen and oxygen atoms in total. The summed E-state index contributed by atoms with van der Waals surface area (Å²) >= 11 is 0. The molecule has 0 bridgehead atoms. The van der Waals surface area contributed by atoms with E-state index in [2.05, 4.69) is 17.3 Å². The zero-order valence-electron chi connectivity index (χ0n) is 15.5. The van der Waals surface area contributed by atoms with Crippen LogP contribution >= 0.6 is 0 Å². The van der Waals surface area contributed by atoms with Crippen molar-refractivity contribution in [2.75, 3.05) is 12.4 Å². The fourth-order valence-corrected chi connectivity index (χ4v) is 3.96. The van der Waals surface area contributed by atoms with E-state index in [1.54, 1.807) is 12.1 Å². The van der Waals surface area contributed by atoms with E-state index in [9.17, 15) is 4.79 Å². The van der Waals surface area contributed by atoms with Crippen molar-refractivity contribution in [2.45, 2.75) is 32.2 Å². The number of hydrogen-bond donors (Lipinski definition) is 1. The Kier molecular flexibility index (Phi) is 3.94. The van der Waals surface area contributed by atoms with Crippen LogP contribution in [0.15, 0.2) is 18.2 Å². The molecule has 136 valence electrons. The van der Waals surface area contributed by atoms with Crippen molar-refractivity contribution in [1.82, 2.24) is 19.3 Å². The third-order valence-corrected chi connectivity index (χ3v) is 5.25. The lowest BCUT2D eigenvalue weighted by atomic mass is 9.91. The Balaban J connectivity index is 1.70. The van der Waals surface area contributed by atoms with Crippen molar-refractivity contribution >= 4 is 23.0 Å². The summed E-state index contributed by atoms with van der Waals surface area (Å²) in [4.78, 5) is 16.5. The number of imidazole rings is 1. The summed E-state index contributed by atoms with van der Waals surface area (Å²) < 4.78 is 8.82. The Morgan fingerprint density at radius 2 is 2.15 bits per heavy atom. The number of aromatic nitrogens is 4. The molecule has 2 heterocycles. The molecule has 3 aromatic rings. The maximum absolute atomic E-state index is 11.8. The highest BCUT2D eigenvalue weighted by Crippen LogP contribution is 2.34. The van der Waals surface area contributed by atoms with Crippen LogP contribution in [0, 0.1) is 6.92 Å². The van der Waals surface area contributed by atoms with Crippen molar-refractivity contribution < 1.29 is 9.53 Å². The summed E-state index contributed by atoms with van der Waals surface area (Å²) in [5.74, 6) is 0.443. The lowest BCUT2D eigenvalue weighted by Crippen LogP contribution is -2.20. The van der Waals surface area contributed by atoms with Crippen LogP contribution < -0.4 is 5.32 Å². The molecule has 0 saturated heterocycles. The lowest BCUT2D eigenvalue weighted by molar-refractivity contribution is 0.0601. The molecule has 1 aromatic carbocycles. The number of nitrogens with one attached hydrogen (secondary N) is 1. The molecular formula is C19H23N5O2. The molecule has 0 fully saturated rings. The molecule has 1 aliphatic rings. The second-order valence-electron chi connectivity index (χ2n) is 6.85. The summed E-state index contributed by atoms with van der Waals surface area (Å²) in [6, 6.07) is 5.64. The van der Waals surface area contributed by atoms with Crippen LogP contribution in [0.4, 0.5) is 5.95 Å². The van der Waals surface area contributed by atoms with Gasteiger partial charge in [0.15, 0.2) is 0 Å². The van der Waals surface area contributed by atoms with E-state index >= 15 is 0 Å². The Morgan fingerprint density at radius 1 is 1.35 bits per heavy atom. The number of aryl methyl sites for hydroxylation is 3. The third kappa shape index (κ3) is 2.55. The van der Waals surface area contributed by atoms with Gasteiger partial charge < -0.3 is 14.6 Å². The number of carbonyl (C=O) groups is 1. The van der Waals surface area contributed by atoms with Gasteiger partial charge in [0.1, 0.15) is 0 Å². The van der Waals surface area contributed by atoms with Crippen LogP contribution in [0.3, 0.4) is 0 Å². The summed E-state index contributed by atoms with van der Waals surface area (Å²) in [6.07, 6.45) is 3.24. The van der Waals surface area contributed by atoms with E-state index in [1.807, 2.05) is 29.4 Å². The SMILES string of the molecule is COC(=O)c1ccc2c(c1)nc(NC1CCCc3c1c(C)nn3C)n2C. The van der Waals surface area contributed by atoms with Gasteiger partial charge in [-0.25, -0.2) is 9.78 Å². The van der Waals surface area contributed by atoms with Crippen LogP contribution in [-0.2, 0) is 25.3 Å². The Labute approximate surface area is 152 Å². The van der Waals surface area contributed by atoms with E-state index in [0.29, 0.717) is 5.56 Å². The molecule has 1 unspecified atom stereocenters. The second-order valence-corrected chi connectivity index (χ2v) is 6.85. The summed E-state index contributed by atoms with van der Waals surface area (Å²) in [5.41, 5.74) is 5.93. The van der Waals surface area contributed by atoms with Crippen LogP contribution in [-0.4, -0.2) is 32.4 Å². The summed E-state index contributed by atoms with van der Waals surface area (Å²) in [6.45, 7) is 2.07. The molecule has 2 aromatic heterocycles. The topological polar surface area (TPSA) is 74.0 Å². The van der Waals surface area contributed by atoms with E-state index in [1.165, 1.54) is 18.4 Å². The highest BCUT2D eigenvalue weighted by Gasteiger charge is 2.27. The summed E-state index contributed by atoms with van der Waals surface area (Å²) in [5, 5.41) is 8.18. The fourth-order valence-electron chi connectivity index (χ4n) is 3.96. The Hall–Kier alpha value is -2.83. The van der Waals surface area contributed by atoms with Crippen molar-refractivity contribution in [3.05, 3.63) is 40.7 Å². The van der Waals surface area contributed by atoms with Gasteiger partial charge in [0.2, 0.25) is 5.95 Å². The normalized spacial score (nSPS) is 16.5. The van der Waals surface area contributed by atoms with Gasteiger partial charge in [0, 0.05) is 25.4 Å². The van der Waals surface area contributed by atoms with Gasteiger partial charge >= 0.3 is 5.97 Å². The first-order valence-electron chi connectivity index (χ1n) is 8.83. The molecule has 4 rings (SSSR count). The van der Waals surface area contributed by atoms with Gasteiger partial charge in [-0.1, -0.05) is 0 Å². The number of fused-ring (bicyclic) bond motifs is 2. The molecule has 1 aliphatic carbocycles. The number of carbonyl (C=O) groups excluding carboxylic acids is 1. The van der Waals surface area contributed by atoms with Gasteiger partial charge in [0.25, 0.3) is 0 Å². The van der Waals surface area contributed by atoms with Crippen LogP contribution in [0.1, 0.15) is 46.2 Å². The molecule has 0 saturated carbocycles. The van der Waals surface area contributed by atoms with E-state index in [0.717, 1.165) is 41.9 Å². The number of benzene rings is 1. The first-order valence-corrected chi connectivity index (χ1v) is 8.83. The zero-order chi connectivity index (χ0) is 18.4. The van der Waals surface area contributed by atoms with E-state index in [-0.39, 0.29) is 12.0 Å². The number of nitrogens with zero attached hydrogens (tertiary/aromatic N) is 4. The molecular weight excluding hydrogens is 330 g/mol. The number of rotatable bonds is 3. The first kappa shape index (κ1) is 16.6. The Morgan fingerprint density at radius 3 is 2.92 bits per heavy atom. The fraction of sp³-hybridized carbons (Fsp3) is 0.421. The van der Waals surface area contributed by atoms with Crippen LogP contribution in [0.5, 0.6) is 0 Å². The predicted molar refractivity (Wildman–Crippen MR) is 99.3 cm³/mol. The molecule has 7 heteroatoms. The molecule has 0 spiro atoms. The highest BCUT2D eigenvalue weighted by atomic mass is 16.5. The molecule has 26 heavy (non-hydrogen) atoms. The van der Waals surface area contributed by atoms with Gasteiger partial charge in [-0.05, 0) is 44.4 Å². The Bertz CT molecular complexity index is 1000. The van der Waals surface area contributed by atoms with Crippen molar-refractivity contribution in [3.8, 4) is 0 Å². The van der Waals surface area contributed by atoms with Crippen molar-refractivity contribution in [1.29, 1.82) is 0 Å². The molecule has 0 amide bonds. The minimum atomic E-state index is -0.352. The standard InChI is InChI=1S/C19H23N5O2/c1-11-17-13(6-5-7-16(17)24(3)22-11)20-19-21-14-10-12(18(25)26-4)8-9-15(14)23(19)2/h8-10,13H,5-7H2,1-4H3,(H,20,21). The van der Waals surface area contributed by atoms with Gasteiger partial charge in [-0.3, -0.25) is 4.68 Å².